The van der Waals surface area contributed by atoms with Crippen molar-refractivity contribution >= 4 is 54.5 Å². The van der Waals surface area contributed by atoms with Crippen LogP contribution in [0.25, 0.3) is 65.6 Å². The highest BCUT2D eigenvalue weighted by molar-refractivity contribution is 6.19. The molecule has 0 bridgehead atoms. The molecule has 0 aliphatic rings. The van der Waals surface area contributed by atoms with Gasteiger partial charge in [-0.1, -0.05) is 78.9 Å². The summed E-state index contributed by atoms with van der Waals surface area (Å²) in [7, 11) is 0. The van der Waals surface area contributed by atoms with Crippen LogP contribution in [0.1, 0.15) is 0 Å². The summed E-state index contributed by atoms with van der Waals surface area (Å²) in [6.07, 6.45) is 0. The zero-order valence-corrected chi connectivity index (χ0v) is 16.1. The minimum atomic E-state index is 0.923. The molecule has 0 saturated heterocycles. The molecule has 2 nitrogen and oxygen atoms in total. The molecular weight excluding hydrogens is 366 g/mol. The fourth-order valence-electron chi connectivity index (χ4n) is 4.80. The number of aromatic amines is 1. The van der Waals surface area contributed by atoms with Gasteiger partial charge in [-0.2, -0.15) is 0 Å². The molecule has 0 unspecified atom stereocenters. The molecule has 7 rings (SSSR count). The Morgan fingerprint density at radius 3 is 2.20 bits per heavy atom. The number of hydrogen-bond donors (Lipinski definition) is 1. The summed E-state index contributed by atoms with van der Waals surface area (Å²) in [6, 6.07) is 34.2. The number of benzene rings is 5. The van der Waals surface area contributed by atoms with Gasteiger partial charge in [-0.15, -0.1) is 0 Å². The summed E-state index contributed by atoms with van der Waals surface area (Å²) in [5.41, 5.74) is 6.56. The number of aromatic nitrogens is 1. The lowest BCUT2D eigenvalue weighted by atomic mass is 10.00. The molecule has 0 spiro atoms. The van der Waals surface area contributed by atoms with Gasteiger partial charge in [0.05, 0.1) is 11.0 Å². The van der Waals surface area contributed by atoms with Crippen molar-refractivity contribution in [2.45, 2.75) is 0 Å². The van der Waals surface area contributed by atoms with Crippen LogP contribution in [0.3, 0.4) is 0 Å². The summed E-state index contributed by atoms with van der Waals surface area (Å²) in [5.74, 6) is 0. The summed E-state index contributed by atoms with van der Waals surface area (Å²) in [6.45, 7) is 0. The third kappa shape index (κ3) is 2.08. The zero-order chi connectivity index (χ0) is 19.7. The number of rotatable bonds is 1. The van der Waals surface area contributed by atoms with E-state index in [9.17, 15) is 0 Å². The van der Waals surface area contributed by atoms with E-state index in [-0.39, 0.29) is 0 Å². The second kappa shape index (κ2) is 5.74. The Morgan fingerprint density at radius 2 is 1.23 bits per heavy atom. The van der Waals surface area contributed by atoms with Crippen LogP contribution >= 0.6 is 0 Å². The average molecular weight is 383 g/mol. The molecule has 1 N–H and O–H groups in total. The van der Waals surface area contributed by atoms with Crippen molar-refractivity contribution in [1.29, 1.82) is 0 Å². The highest BCUT2D eigenvalue weighted by Gasteiger charge is 2.13. The molecule has 2 heteroatoms. The number of furan rings is 1. The molecule has 0 fully saturated rings. The SMILES string of the molecule is c1ccc2c(c1)ccc1c3cccc(-c4ccc5c(c4)oc4ccccc45)c3[nH]c21. The summed E-state index contributed by atoms with van der Waals surface area (Å²) in [4.78, 5) is 3.73. The van der Waals surface area contributed by atoms with E-state index in [0.29, 0.717) is 0 Å². The Balaban J connectivity index is 1.54. The van der Waals surface area contributed by atoms with E-state index >= 15 is 0 Å². The largest absolute Gasteiger partial charge is 0.456 e. The standard InChI is InChI=1S/C28H17NO/c1-2-7-19-17(6-1)12-15-24-23-10-5-9-20(28(23)29-27(19)24)18-13-14-22-21-8-3-4-11-25(21)30-26(22)16-18/h1-16,29H. The molecule has 2 aromatic heterocycles. The smallest absolute Gasteiger partial charge is 0.136 e. The Kier molecular flexibility index (Phi) is 3.03. The summed E-state index contributed by atoms with van der Waals surface area (Å²) in [5, 5.41) is 7.33. The minimum Gasteiger partial charge on any atom is -0.456 e. The topological polar surface area (TPSA) is 28.9 Å². The first-order chi connectivity index (χ1) is 14.9. The molecule has 30 heavy (non-hydrogen) atoms. The number of H-pyrrole nitrogens is 1. The Hall–Kier alpha value is -4.04. The van der Waals surface area contributed by atoms with Gasteiger partial charge in [-0.25, -0.2) is 0 Å². The maximum Gasteiger partial charge on any atom is 0.136 e. The lowest BCUT2D eigenvalue weighted by molar-refractivity contribution is 0.669. The van der Waals surface area contributed by atoms with Gasteiger partial charge in [0.25, 0.3) is 0 Å². The highest BCUT2D eigenvalue weighted by atomic mass is 16.3. The van der Waals surface area contributed by atoms with Gasteiger partial charge in [-0.3, -0.25) is 0 Å². The summed E-state index contributed by atoms with van der Waals surface area (Å²) >= 11 is 0. The van der Waals surface area contributed by atoms with Crippen LogP contribution in [0, 0.1) is 0 Å². The monoisotopic (exact) mass is 383 g/mol. The molecule has 0 amide bonds. The maximum atomic E-state index is 6.13. The quantitative estimate of drug-likeness (QED) is 0.305. The van der Waals surface area contributed by atoms with Crippen molar-refractivity contribution in [1.82, 2.24) is 4.98 Å². The second-order valence-electron chi connectivity index (χ2n) is 7.87. The maximum absolute atomic E-state index is 6.13. The van der Waals surface area contributed by atoms with Gasteiger partial charge < -0.3 is 9.40 Å². The molecule has 0 atom stereocenters. The third-order valence-electron chi connectivity index (χ3n) is 6.22. The van der Waals surface area contributed by atoms with Gasteiger partial charge in [0.1, 0.15) is 11.2 Å². The fourth-order valence-corrected chi connectivity index (χ4v) is 4.80. The van der Waals surface area contributed by atoms with E-state index in [0.717, 1.165) is 27.5 Å². The van der Waals surface area contributed by atoms with Crippen molar-refractivity contribution < 1.29 is 4.42 Å². The predicted molar refractivity (Wildman–Crippen MR) is 126 cm³/mol. The molecule has 7 aromatic rings. The molecule has 0 aliphatic carbocycles. The van der Waals surface area contributed by atoms with Crippen molar-refractivity contribution in [2.75, 3.05) is 0 Å². The first-order valence-electron chi connectivity index (χ1n) is 10.2. The zero-order valence-electron chi connectivity index (χ0n) is 16.1. The van der Waals surface area contributed by atoms with Gasteiger partial charge in [-0.05, 0) is 29.1 Å². The fraction of sp³-hybridized carbons (Fsp3) is 0. The van der Waals surface area contributed by atoms with Crippen LogP contribution < -0.4 is 0 Å². The van der Waals surface area contributed by atoms with Crippen LogP contribution in [-0.2, 0) is 0 Å². The molecule has 140 valence electrons. The summed E-state index contributed by atoms with van der Waals surface area (Å²) < 4.78 is 6.13. The average Bonchev–Trinajstić information content (AvgIpc) is 3.37. The van der Waals surface area contributed by atoms with E-state index < -0.39 is 0 Å². The van der Waals surface area contributed by atoms with E-state index in [1.165, 1.54) is 38.1 Å². The van der Waals surface area contributed by atoms with Gasteiger partial charge in [0, 0.05) is 32.5 Å². The van der Waals surface area contributed by atoms with Gasteiger partial charge in [0.2, 0.25) is 0 Å². The van der Waals surface area contributed by atoms with E-state index in [1.54, 1.807) is 0 Å². The van der Waals surface area contributed by atoms with Crippen LogP contribution in [0.4, 0.5) is 0 Å². The molecule has 2 heterocycles. The molecular formula is C28H17NO. The second-order valence-corrected chi connectivity index (χ2v) is 7.87. The van der Waals surface area contributed by atoms with Crippen molar-refractivity contribution in [3.05, 3.63) is 97.1 Å². The van der Waals surface area contributed by atoms with Crippen LogP contribution in [0.15, 0.2) is 101 Å². The van der Waals surface area contributed by atoms with Gasteiger partial charge >= 0.3 is 0 Å². The number of fused-ring (bicyclic) bond motifs is 8. The molecule has 0 radical (unpaired) electrons. The lowest BCUT2D eigenvalue weighted by Crippen LogP contribution is -1.80. The molecule has 0 aliphatic heterocycles. The van der Waals surface area contributed by atoms with E-state index in [2.05, 4.69) is 89.9 Å². The minimum absolute atomic E-state index is 0.923. The Labute approximate surface area is 172 Å². The first-order valence-corrected chi connectivity index (χ1v) is 10.2. The van der Waals surface area contributed by atoms with Crippen molar-refractivity contribution in [3.63, 3.8) is 0 Å². The third-order valence-corrected chi connectivity index (χ3v) is 6.22. The number of para-hydroxylation sites is 2. The Bertz CT molecular complexity index is 1750. The van der Waals surface area contributed by atoms with E-state index in [4.69, 9.17) is 4.42 Å². The molecule has 5 aromatic carbocycles. The van der Waals surface area contributed by atoms with E-state index in [1.807, 2.05) is 12.1 Å². The predicted octanol–water partition coefficient (Wildman–Crippen LogP) is 8.04. The highest BCUT2D eigenvalue weighted by Crippen LogP contribution is 2.38. The Morgan fingerprint density at radius 1 is 0.500 bits per heavy atom. The van der Waals surface area contributed by atoms with Crippen LogP contribution in [0.2, 0.25) is 0 Å². The number of hydrogen-bond acceptors (Lipinski definition) is 1. The van der Waals surface area contributed by atoms with Crippen LogP contribution in [0.5, 0.6) is 0 Å². The normalized spacial score (nSPS) is 12.0. The van der Waals surface area contributed by atoms with Crippen molar-refractivity contribution in [3.8, 4) is 11.1 Å². The van der Waals surface area contributed by atoms with Gasteiger partial charge in [0.15, 0.2) is 0 Å². The van der Waals surface area contributed by atoms with Crippen molar-refractivity contribution in [2.24, 2.45) is 0 Å². The van der Waals surface area contributed by atoms with Crippen LogP contribution in [-0.4, -0.2) is 4.98 Å². The lowest BCUT2D eigenvalue weighted by Gasteiger charge is -2.04. The number of nitrogens with one attached hydrogen (secondary N) is 1. The first kappa shape index (κ1) is 15.8. The molecule has 0 saturated carbocycles.